The van der Waals surface area contributed by atoms with E-state index in [2.05, 4.69) is 13.2 Å². The highest BCUT2D eigenvalue weighted by molar-refractivity contribution is 6.16. The van der Waals surface area contributed by atoms with E-state index in [0.29, 0.717) is 12.8 Å². The summed E-state index contributed by atoms with van der Waals surface area (Å²) in [5.74, 6) is -2.75. The average Bonchev–Trinajstić information content (AvgIpc) is 2.62. The van der Waals surface area contributed by atoms with Gasteiger partial charge in [-0.25, -0.2) is 0 Å². The minimum atomic E-state index is -1.49. The fraction of sp³-hybridized carbons (Fsp3) is 0.636. The lowest BCUT2D eigenvalue weighted by atomic mass is 9.77. The maximum absolute atomic E-state index is 12.8. The van der Waals surface area contributed by atoms with Crippen LogP contribution in [0.15, 0.2) is 24.3 Å². The van der Waals surface area contributed by atoms with Gasteiger partial charge in [-0.15, -0.1) is 0 Å². The molecule has 0 aliphatic carbocycles. The Morgan fingerprint density at radius 2 is 1.04 bits per heavy atom. The highest BCUT2D eigenvalue weighted by Gasteiger charge is 2.48. The number of allylic oxidation sites excluding steroid dienone is 2. The molecule has 0 saturated heterocycles. The zero-order valence-electron chi connectivity index (χ0n) is 17.7. The van der Waals surface area contributed by atoms with Gasteiger partial charge in [0.1, 0.15) is 10.8 Å². The Morgan fingerprint density at radius 1 is 0.741 bits per heavy atom. The lowest BCUT2D eigenvalue weighted by molar-refractivity contribution is -0.175. The van der Waals surface area contributed by atoms with Crippen LogP contribution in [0, 0.1) is 10.8 Å². The summed E-state index contributed by atoms with van der Waals surface area (Å²) >= 11 is 0. The number of carbonyl (C=O) groups excluding carboxylic acids is 4. The molecule has 0 saturated carbocycles. The largest absolute Gasteiger partial charge is 0.392 e. The number of ketones is 2. The molecule has 0 N–H and O–H groups in total. The molecular formula is C22H34O5. The van der Waals surface area contributed by atoms with Crippen molar-refractivity contribution < 1.29 is 23.9 Å². The van der Waals surface area contributed by atoms with E-state index >= 15 is 0 Å². The smallest absolute Gasteiger partial charge is 0.327 e. The molecular weight excluding hydrogens is 344 g/mol. The Balaban J connectivity index is 5.75. The summed E-state index contributed by atoms with van der Waals surface area (Å²) in [5.41, 5.74) is -2.53. The third-order valence-electron chi connectivity index (χ3n) is 4.92. The van der Waals surface area contributed by atoms with Crippen molar-refractivity contribution in [2.24, 2.45) is 10.8 Å². The van der Waals surface area contributed by atoms with Crippen LogP contribution in [0.1, 0.15) is 80.1 Å². The van der Waals surface area contributed by atoms with Crippen molar-refractivity contribution >= 4 is 23.5 Å². The van der Waals surface area contributed by atoms with Crippen molar-refractivity contribution in [1.29, 1.82) is 0 Å². The van der Waals surface area contributed by atoms with Crippen LogP contribution >= 0.6 is 0 Å². The molecule has 152 valence electrons. The lowest BCUT2D eigenvalue weighted by Crippen LogP contribution is -2.44. The van der Waals surface area contributed by atoms with Crippen molar-refractivity contribution in [1.82, 2.24) is 0 Å². The molecule has 27 heavy (non-hydrogen) atoms. The minimum absolute atomic E-state index is 0.227. The number of esters is 2. The molecule has 0 aliphatic heterocycles. The van der Waals surface area contributed by atoms with Gasteiger partial charge in [0.2, 0.25) is 0 Å². The van der Waals surface area contributed by atoms with Crippen LogP contribution in [0.4, 0.5) is 0 Å². The molecule has 5 nitrogen and oxygen atoms in total. The molecule has 0 heterocycles. The quantitative estimate of drug-likeness (QED) is 0.278. The van der Waals surface area contributed by atoms with Crippen molar-refractivity contribution in [3.05, 3.63) is 24.3 Å². The molecule has 0 aromatic heterocycles. The first kappa shape index (κ1) is 25.0. The molecule has 0 rings (SSSR count). The van der Waals surface area contributed by atoms with Gasteiger partial charge in [-0.1, -0.05) is 52.7 Å². The van der Waals surface area contributed by atoms with Crippen LogP contribution in [0.25, 0.3) is 0 Å². The van der Waals surface area contributed by atoms with Gasteiger partial charge in [0.15, 0.2) is 11.6 Å². The number of hydrogen-bond acceptors (Lipinski definition) is 5. The number of ether oxygens (including phenoxy) is 1. The van der Waals surface area contributed by atoms with Crippen LogP contribution in [0.5, 0.6) is 0 Å². The summed E-state index contributed by atoms with van der Waals surface area (Å²) in [5, 5.41) is 0. The predicted octanol–water partition coefficient (Wildman–Crippen LogP) is 4.74. The number of unbranched alkanes of at least 4 members (excludes halogenated alkanes) is 2. The topological polar surface area (TPSA) is 77.5 Å². The molecule has 0 aromatic rings. The number of carbonyl (C=O) groups is 4. The molecule has 0 spiro atoms. The van der Waals surface area contributed by atoms with E-state index in [1.807, 2.05) is 13.8 Å². The normalized spacial score (nSPS) is 15.2. The minimum Gasteiger partial charge on any atom is -0.392 e. The van der Waals surface area contributed by atoms with Crippen LogP contribution < -0.4 is 0 Å². The van der Waals surface area contributed by atoms with Gasteiger partial charge >= 0.3 is 11.9 Å². The molecule has 2 atom stereocenters. The van der Waals surface area contributed by atoms with E-state index in [9.17, 15) is 19.2 Å². The lowest BCUT2D eigenvalue weighted by Gasteiger charge is -2.29. The number of hydrogen-bond donors (Lipinski definition) is 0. The fourth-order valence-electron chi connectivity index (χ4n) is 2.93. The average molecular weight is 379 g/mol. The van der Waals surface area contributed by atoms with Crippen LogP contribution in [-0.4, -0.2) is 23.5 Å². The summed E-state index contributed by atoms with van der Waals surface area (Å²) < 4.78 is 5.12. The SMILES string of the molecule is C=C(C)C(=O)C(C)(CCCC)C(=O)OC(=O)C(C)(CCCC)C(=O)C(=C)C. The van der Waals surface area contributed by atoms with E-state index in [0.717, 1.165) is 12.8 Å². The monoisotopic (exact) mass is 378 g/mol. The molecule has 0 aromatic carbocycles. The Labute approximate surface area is 163 Å². The van der Waals surface area contributed by atoms with Gasteiger partial charge < -0.3 is 4.74 Å². The maximum Gasteiger partial charge on any atom is 0.327 e. The second-order valence-electron chi connectivity index (χ2n) is 7.77. The standard InChI is InChI=1S/C22H34O5/c1-9-11-13-21(7,17(23)15(3)4)19(25)27-20(26)22(8,14-12-10-2)18(24)16(5)6/h3,5,9-14H2,1-2,4,6-8H3. The summed E-state index contributed by atoms with van der Waals surface area (Å²) in [6.07, 6.45) is 3.31. The van der Waals surface area contributed by atoms with E-state index in [1.54, 1.807) is 0 Å². The molecule has 5 heteroatoms. The number of rotatable bonds is 12. The summed E-state index contributed by atoms with van der Waals surface area (Å²) in [6, 6.07) is 0. The second-order valence-corrected chi connectivity index (χ2v) is 7.77. The van der Waals surface area contributed by atoms with Gasteiger partial charge in [-0.05, 0) is 51.7 Å². The highest BCUT2D eigenvalue weighted by atomic mass is 16.6. The summed E-state index contributed by atoms with van der Waals surface area (Å²) in [7, 11) is 0. The van der Waals surface area contributed by atoms with E-state index in [4.69, 9.17) is 4.74 Å². The number of Topliss-reactive ketones (excluding diaryl/α,β-unsaturated/α-hetero) is 2. The van der Waals surface area contributed by atoms with Gasteiger partial charge in [0.05, 0.1) is 0 Å². The summed E-state index contributed by atoms with van der Waals surface area (Å²) in [6.45, 7) is 17.1. The summed E-state index contributed by atoms with van der Waals surface area (Å²) in [4.78, 5) is 50.7. The second kappa shape index (κ2) is 10.3. The van der Waals surface area contributed by atoms with Crippen LogP contribution in [-0.2, 0) is 23.9 Å². The van der Waals surface area contributed by atoms with Crippen LogP contribution in [0.3, 0.4) is 0 Å². The molecule has 0 amide bonds. The Hall–Kier alpha value is -2.04. The van der Waals surface area contributed by atoms with Crippen LogP contribution in [0.2, 0.25) is 0 Å². The van der Waals surface area contributed by atoms with E-state index in [-0.39, 0.29) is 24.0 Å². The van der Waals surface area contributed by atoms with Crippen molar-refractivity contribution in [2.45, 2.75) is 80.1 Å². The van der Waals surface area contributed by atoms with Crippen molar-refractivity contribution in [3.8, 4) is 0 Å². The molecule has 0 radical (unpaired) electrons. The Bertz CT molecular complexity index is 577. The first-order chi connectivity index (χ1) is 12.4. The molecule has 0 bridgehead atoms. The molecule has 2 unspecified atom stereocenters. The predicted molar refractivity (Wildman–Crippen MR) is 106 cm³/mol. The first-order valence-corrected chi connectivity index (χ1v) is 9.55. The molecule has 0 fully saturated rings. The molecule has 0 aliphatic rings. The Kier molecular flexibility index (Phi) is 9.55. The van der Waals surface area contributed by atoms with E-state index < -0.39 is 34.3 Å². The van der Waals surface area contributed by atoms with E-state index in [1.165, 1.54) is 27.7 Å². The zero-order valence-corrected chi connectivity index (χ0v) is 17.7. The third-order valence-corrected chi connectivity index (χ3v) is 4.92. The third kappa shape index (κ3) is 5.98. The first-order valence-electron chi connectivity index (χ1n) is 9.55. The van der Waals surface area contributed by atoms with Gasteiger partial charge in [0.25, 0.3) is 0 Å². The van der Waals surface area contributed by atoms with Gasteiger partial charge in [-0.2, -0.15) is 0 Å². The van der Waals surface area contributed by atoms with Gasteiger partial charge in [0, 0.05) is 0 Å². The van der Waals surface area contributed by atoms with Crippen molar-refractivity contribution in [3.63, 3.8) is 0 Å². The van der Waals surface area contributed by atoms with Gasteiger partial charge in [-0.3, -0.25) is 19.2 Å². The maximum atomic E-state index is 12.8. The zero-order chi connectivity index (χ0) is 21.4. The van der Waals surface area contributed by atoms with Crippen molar-refractivity contribution in [2.75, 3.05) is 0 Å². The highest BCUT2D eigenvalue weighted by Crippen LogP contribution is 2.34. The Morgan fingerprint density at radius 3 is 1.26 bits per heavy atom. The fourth-order valence-corrected chi connectivity index (χ4v) is 2.93.